The minimum Gasteiger partial charge on any atom is -0.395 e. The summed E-state index contributed by atoms with van der Waals surface area (Å²) in [5.74, 6) is 0.500. The molecule has 3 saturated heterocycles. The Labute approximate surface area is 147 Å². The summed E-state index contributed by atoms with van der Waals surface area (Å²) >= 11 is 0. The first-order valence-corrected chi connectivity index (χ1v) is 10.2. The fraction of sp³-hybridized carbons (Fsp3) is 1.00. The molecule has 2 bridgehead atoms. The smallest absolute Gasteiger partial charge is 0.0585 e. The summed E-state index contributed by atoms with van der Waals surface area (Å²) in [6.07, 6.45) is 7.75. The maximum Gasteiger partial charge on any atom is 0.0585 e. The van der Waals surface area contributed by atoms with Crippen molar-refractivity contribution >= 4 is 0 Å². The molecule has 0 radical (unpaired) electrons. The van der Waals surface area contributed by atoms with Crippen LogP contribution in [0.4, 0.5) is 0 Å². The van der Waals surface area contributed by atoms with Gasteiger partial charge in [-0.25, -0.2) is 0 Å². The van der Waals surface area contributed by atoms with E-state index in [1.54, 1.807) is 0 Å². The highest BCUT2D eigenvalue weighted by Crippen LogP contribution is 2.35. The molecule has 0 spiro atoms. The minimum atomic E-state index is -0.0280. The van der Waals surface area contributed by atoms with Gasteiger partial charge >= 0.3 is 0 Å². The first-order valence-electron chi connectivity index (χ1n) is 10.2. The summed E-state index contributed by atoms with van der Waals surface area (Å²) in [6.45, 7) is 9.38. The summed E-state index contributed by atoms with van der Waals surface area (Å²) in [7, 11) is 0. The summed E-state index contributed by atoms with van der Waals surface area (Å²) in [4.78, 5) is 5.33. The molecule has 0 aliphatic carbocycles. The van der Waals surface area contributed by atoms with Gasteiger partial charge in [-0.1, -0.05) is 6.92 Å². The van der Waals surface area contributed by atoms with Gasteiger partial charge in [-0.3, -0.25) is 9.80 Å². The molecule has 0 saturated carbocycles. The van der Waals surface area contributed by atoms with Crippen LogP contribution in [0.1, 0.15) is 52.4 Å². The van der Waals surface area contributed by atoms with Gasteiger partial charge in [0.1, 0.15) is 0 Å². The Bertz CT molecular complexity index is 372. The molecule has 0 aromatic rings. The molecular formula is C19H38N4O. The van der Waals surface area contributed by atoms with E-state index in [0.717, 1.165) is 44.6 Å². The van der Waals surface area contributed by atoms with E-state index < -0.39 is 0 Å². The standard InChI is InChI=1S/C19H38N4O/c1-3-23-17-4-5-18(23)11-16(10-17)21-12-14(2)22-8-6-15(7-9-22)19(20)13-24/h14-19,21,24H,3-13,20H2,1-2H3. The van der Waals surface area contributed by atoms with Gasteiger partial charge < -0.3 is 16.2 Å². The second-order valence-corrected chi connectivity index (χ2v) is 8.36. The average Bonchev–Trinajstić information content (AvgIpc) is 2.87. The van der Waals surface area contributed by atoms with E-state index in [-0.39, 0.29) is 12.6 Å². The van der Waals surface area contributed by atoms with Crippen molar-refractivity contribution < 1.29 is 5.11 Å². The van der Waals surface area contributed by atoms with Gasteiger partial charge in [0.05, 0.1) is 6.61 Å². The van der Waals surface area contributed by atoms with Crippen LogP contribution in [0.5, 0.6) is 0 Å². The van der Waals surface area contributed by atoms with Crippen molar-refractivity contribution in [1.29, 1.82) is 0 Å². The third-order valence-corrected chi connectivity index (χ3v) is 6.97. The van der Waals surface area contributed by atoms with Crippen LogP contribution in [0.2, 0.25) is 0 Å². The van der Waals surface area contributed by atoms with Crippen molar-refractivity contribution in [3.8, 4) is 0 Å². The molecule has 3 heterocycles. The van der Waals surface area contributed by atoms with Crippen molar-refractivity contribution in [3.05, 3.63) is 0 Å². The molecule has 24 heavy (non-hydrogen) atoms. The number of likely N-dealkylation sites (tertiary alicyclic amines) is 1. The van der Waals surface area contributed by atoms with E-state index in [4.69, 9.17) is 5.73 Å². The summed E-state index contributed by atoms with van der Waals surface area (Å²) < 4.78 is 0. The number of rotatable bonds is 7. The molecule has 5 heteroatoms. The Morgan fingerprint density at radius 1 is 1.12 bits per heavy atom. The summed E-state index contributed by atoms with van der Waals surface area (Å²) in [5, 5.41) is 13.1. The number of nitrogens with one attached hydrogen (secondary N) is 1. The molecule has 3 rings (SSSR count). The molecule has 5 nitrogen and oxygen atoms in total. The summed E-state index contributed by atoms with van der Waals surface area (Å²) in [6, 6.07) is 2.95. The molecule has 0 aromatic heterocycles. The maximum atomic E-state index is 9.22. The lowest BCUT2D eigenvalue weighted by molar-refractivity contribution is 0.0993. The van der Waals surface area contributed by atoms with E-state index >= 15 is 0 Å². The number of fused-ring (bicyclic) bond motifs is 2. The van der Waals surface area contributed by atoms with Crippen LogP contribution in [-0.2, 0) is 0 Å². The lowest BCUT2D eigenvalue weighted by Crippen LogP contribution is -2.52. The second-order valence-electron chi connectivity index (χ2n) is 8.36. The molecule has 4 atom stereocenters. The molecule has 4 unspecified atom stereocenters. The highest BCUT2D eigenvalue weighted by molar-refractivity contribution is 4.97. The number of nitrogens with two attached hydrogens (primary N) is 1. The molecule has 4 N–H and O–H groups in total. The maximum absolute atomic E-state index is 9.22. The van der Waals surface area contributed by atoms with Crippen LogP contribution in [0.15, 0.2) is 0 Å². The predicted octanol–water partition coefficient (Wildman–Crippen LogP) is 1.01. The van der Waals surface area contributed by atoms with Crippen molar-refractivity contribution in [1.82, 2.24) is 15.1 Å². The van der Waals surface area contributed by atoms with E-state index in [9.17, 15) is 5.11 Å². The highest BCUT2D eigenvalue weighted by atomic mass is 16.3. The van der Waals surface area contributed by atoms with E-state index in [2.05, 4.69) is 29.0 Å². The van der Waals surface area contributed by atoms with Gasteiger partial charge in [0.25, 0.3) is 0 Å². The third-order valence-electron chi connectivity index (χ3n) is 6.97. The average molecular weight is 339 g/mol. The van der Waals surface area contributed by atoms with Crippen LogP contribution in [0, 0.1) is 5.92 Å². The topological polar surface area (TPSA) is 64.8 Å². The first kappa shape index (κ1) is 18.6. The minimum absolute atomic E-state index is 0.0280. The first-order chi connectivity index (χ1) is 11.6. The highest BCUT2D eigenvalue weighted by Gasteiger charge is 2.39. The largest absolute Gasteiger partial charge is 0.395 e. The SMILES string of the molecule is CCN1C2CCC1CC(NCC(C)N1CCC(C(N)CO)CC1)C2. The molecule has 3 aliphatic heterocycles. The lowest BCUT2D eigenvalue weighted by Gasteiger charge is -2.41. The van der Waals surface area contributed by atoms with E-state index in [1.807, 2.05) is 0 Å². The van der Waals surface area contributed by atoms with Crippen molar-refractivity contribution in [2.75, 3.05) is 32.8 Å². The van der Waals surface area contributed by atoms with E-state index in [1.165, 1.54) is 32.2 Å². The van der Waals surface area contributed by atoms with Gasteiger partial charge in [-0.15, -0.1) is 0 Å². The van der Waals surface area contributed by atoms with Crippen LogP contribution < -0.4 is 11.1 Å². The van der Waals surface area contributed by atoms with Gasteiger partial charge in [0, 0.05) is 36.8 Å². The number of nitrogens with zero attached hydrogens (tertiary/aromatic N) is 2. The number of hydrogen-bond donors (Lipinski definition) is 3. The second kappa shape index (κ2) is 8.45. The fourth-order valence-electron chi connectivity index (χ4n) is 5.36. The van der Waals surface area contributed by atoms with Crippen LogP contribution in [0.3, 0.4) is 0 Å². The zero-order valence-electron chi connectivity index (χ0n) is 15.7. The number of hydrogen-bond acceptors (Lipinski definition) is 5. The Hall–Kier alpha value is -0.200. The zero-order valence-corrected chi connectivity index (χ0v) is 15.7. The predicted molar refractivity (Wildman–Crippen MR) is 99.0 cm³/mol. The van der Waals surface area contributed by atoms with Gasteiger partial charge in [-0.05, 0) is 71.0 Å². The van der Waals surface area contributed by atoms with Gasteiger partial charge in [0.2, 0.25) is 0 Å². The van der Waals surface area contributed by atoms with Crippen LogP contribution >= 0.6 is 0 Å². The number of aliphatic hydroxyl groups excluding tert-OH is 1. The Kier molecular flexibility index (Phi) is 6.55. The molecule has 3 fully saturated rings. The third kappa shape index (κ3) is 4.13. The Morgan fingerprint density at radius 3 is 2.29 bits per heavy atom. The molecule has 0 amide bonds. The van der Waals surface area contributed by atoms with Crippen LogP contribution in [-0.4, -0.2) is 77.9 Å². The molecule has 140 valence electrons. The molecule has 0 aromatic carbocycles. The quantitative estimate of drug-likeness (QED) is 0.647. The van der Waals surface area contributed by atoms with Crippen molar-refractivity contribution in [2.24, 2.45) is 11.7 Å². The molecular weight excluding hydrogens is 300 g/mol. The summed E-state index contributed by atoms with van der Waals surface area (Å²) in [5.41, 5.74) is 6.00. The number of piperidine rings is 2. The zero-order chi connectivity index (χ0) is 17.1. The fourth-order valence-corrected chi connectivity index (χ4v) is 5.36. The Morgan fingerprint density at radius 2 is 1.75 bits per heavy atom. The lowest BCUT2D eigenvalue weighted by atomic mass is 9.89. The van der Waals surface area contributed by atoms with Gasteiger partial charge in [-0.2, -0.15) is 0 Å². The Balaban J connectivity index is 1.38. The van der Waals surface area contributed by atoms with Crippen LogP contribution in [0.25, 0.3) is 0 Å². The normalized spacial score (nSPS) is 35.2. The van der Waals surface area contributed by atoms with Crippen molar-refractivity contribution in [2.45, 2.75) is 82.6 Å². The van der Waals surface area contributed by atoms with Gasteiger partial charge in [0.15, 0.2) is 0 Å². The monoisotopic (exact) mass is 338 g/mol. The van der Waals surface area contributed by atoms with Crippen molar-refractivity contribution in [3.63, 3.8) is 0 Å². The molecule has 3 aliphatic rings. The van der Waals surface area contributed by atoms with E-state index in [0.29, 0.717) is 18.0 Å². The number of aliphatic hydroxyl groups is 1.